The summed E-state index contributed by atoms with van der Waals surface area (Å²) in [5, 5.41) is 0. The van der Waals surface area contributed by atoms with Crippen molar-refractivity contribution in [1.82, 2.24) is 9.21 Å². The minimum Gasteiger partial charge on any atom is -0.497 e. The molecule has 0 unspecified atom stereocenters. The summed E-state index contributed by atoms with van der Waals surface area (Å²) >= 11 is 0. The molecule has 0 spiro atoms. The number of carbonyl (C=O) groups is 1. The van der Waals surface area contributed by atoms with Crippen LogP contribution in [0.25, 0.3) is 0 Å². The van der Waals surface area contributed by atoms with Gasteiger partial charge in [-0.3, -0.25) is 4.79 Å². The molecule has 10 heteroatoms. The smallest absolute Gasteiger partial charge is 0.416 e. The van der Waals surface area contributed by atoms with E-state index in [4.69, 9.17) is 4.74 Å². The third-order valence-corrected chi connectivity index (χ3v) is 6.60. The van der Waals surface area contributed by atoms with Gasteiger partial charge in [0.05, 0.1) is 17.6 Å². The maximum absolute atomic E-state index is 12.7. The number of hydrogen-bond acceptors (Lipinski definition) is 4. The number of hydrogen-bond donors (Lipinski definition) is 0. The van der Waals surface area contributed by atoms with E-state index in [1.54, 1.807) is 29.2 Å². The molecular weight excluding hydrogens is 409 g/mol. The van der Waals surface area contributed by atoms with Crippen LogP contribution in [0, 0.1) is 0 Å². The number of sulfonamides is 1. The van der Waals surface area contributed by atoms with Crippen LogP contribution < -0.4 is 4.74 Å². The summed E-state index contributed by atoms with van der Waals surface area (Å²) in [6, 6.07) is 9.99. The van der Waals surface area contributed by atoms with Crippen molar-refractivity contribution in [2.75, 3.05) is 33.3 Å². The second-order valence-electron chi connectivity index (χ2n) is 6.45. The molecule has 29 heavy (non-hydrogen) atoms. The van der Waals surface area contributed by atoms with Gasteiger partial charge in [-0.1, -0.05) is 0 Å². The van der Waals surface area contributed by atoms with Gasteiger partial charge in [-0.25, -0.2) is 8.42 Å². The molecule has 0 N–H and O–H groups in total. The number of benzene rings is 2. The van der Waals surface area contributed by atoms with Crippen LogP contribution in [0.2, 0.25) is 0 Å². The molecule has 0 radical (unpaired) electrons. The van der Waals surface area contributed by atoms with Gasteiger partial charge in [-0.05, 0) is 48.5 Å². The third kappa shape index (κ3) is 4.54. The first-order chi connectivity index (χ1) is 13.6. The van der Waals surface area contributed by atoms with Gasteiger partial charge in [0, 0.05) is 31.7 Å². The lowest BCUT2D eigenvalue weighted by Gasteiger charge is -2.34. The lowest BCUT2D eigenvalue weighted by Crippen LogP contribution is -2.50. The predicted molar refractivity (Wildman–Crippen MR) is 99.1 cm³/mol. The van der Waals surface area contributed by atoms with Gasteiger partial charge >= 0.3 is 6.18 Å². The van der Waals surface area contributed by atoms with Crippen LogP contribution in [0.5, 0.6) is 5.75 Å². The third-order valence-electron chi connectivity index (χ3n) is 4.68. The maximum atomic E-state index is 12.7. The van der Waals surface area contributed by atoms with E-state index in [2.05, 4.69) is 0 Å². The predicted octanol–water partition coefficient (Wildman–Crippen LogP) is 2.86. The summed E-state index contributed by atoms with van der Waals surface area (Å²) in [6.45, 7) is 0.492. The van der Waals surface area contributed by atoms with Crippen molar-refractivity contribution in [1.29, 1.82) is 0 Å². The SMILES string of the molecule is COc1ccc(C(=O)N2CCN(S(=O)(=O)c3ccc(C(F)(F)F)cc3)CC2)cc1. The fourth-order valence-corrected chi connectivity index (χ4v) is 4.43. The second kappa shape index (κ2) is 8.03. The first-order valence-electron chi connectivity index (χ1n) is 8.73. The van der Waals surface area contributed by atoms with E-state index in [1.165, 1.54) is 11.4 Å². The highest BCUT2D eigenvalue weighted by atomic mass is 32.2. The van der Waals surface area contributed by atoms with E-state index in [-0.39, 0.29) is 37.0 Å². The number of alkyl halides is 3. The molecule has 1 aliphatic rings. The van der Waals surface area contributed by atoms with Crippen molar-refractivity contribution < 1.29 is 31.1 Å². The first-order valence-corrected chi connectivity index (χ1v) is 10.2. The minimum absolute atomic E-state index is 0.0608. The normalized spacial score (nSPS) is 15.9. The Balaban J connectivity index is 1.66. The molecule has 1 aliphatic heterocycles. The largest absolute Gasteiger partial charge is 0.497 e. The molecule has 6 nitrogen and oxygen atoms in total. The molecule has 2 aromatic carbocycles. The number of amides is 1. The Morgan fingerprint density at radius 3 is 1.97 bits per heavy atom. The molecular formula is C19H19F3N2O4S. The highest BCUT2D eigenvalue weighted by molar-refractivity contribution is 7.89. The van der Waals surface area contributed by atoms with Gasteiger partial charge in [-0.15, -0.1) is 0 Å². The molecule has 0 aromatic heterocycles. The summed E-state index contributed by atoms with van der Waals surface area (Å²) in [7, 11) is -2.41. The molecule has 1 amide bonds. The number of rotatable bonds is 4. The number of piperazine rings is 1. The fourth-order valence-electron chi connectivity index (χ4n) is 3.01. The number of ether oxygens (including phenoxy) is 1. The molecule has 1 heterocycles. The Morgan fingerprint density at radius 2 is 1.48 bits per heavy atom. The van der Waals surface area contributed by atoms with Gasteiger partial charge in [0.25, 0.3) is 5.91 Å². The van der Waals surface area contributed by atoms with Crippen LogP contribution in [0.15, 0.2) is 53.4 Å². The van der Waals surface area contributed by atoms with Crippen LogP contribution in [0.3, 0.4) is 0 Å². The molecule has 3 rings (SSSR count). The molecule has 2 aromatic rings. The van der Waals surface area contributed by atoms with E-state index >= 15 is 0 Å². The van der Waals surface area contributed by atoms with E-state index in [0.717, 1.165) is 24.3 Å². The summed E-state index contributed by atoms with van der Waals surface area (Å²) < 4.78 is 69.6. The van der Waals surface area contributed by atoms with Crippen molar-refractivity contribution in [3.05, 3.63) is 59.7 Å². The standard InChI is InChI=1S/C19H19F3N2O4S/c1-28-16-6-2-14(3-7-16)18(25)23-10-12-24(13-11-23)29(26,27)17-8-4-15(5-9-17)19(20,21)22/h2-9H,10-13H2,1H3. The van der Waals surface area contributed by atoms with Crippen molar-refractivity contribution in [3.8, 4) is 5.75 Å². The van der Waals surface area contributed by atoms with Crippen molar-refractivity contribution in [3.63, 3.8) is 0 Å². The van der Waals surface area contributed by atoms with Crippen molar-refractivity contribution in [2.45, 2.75) is 11.1 Å². The topological polar surface area (TPSA) is 66.9 Å². The molecule has 0 aliphatic carbocycles. The highest BCUT2D eigenvalue weighted by Crippen LogP contribution is 2.30. The van der Waals surface area contributed by atoms with Gasteiger partial charge in [-0.2, -0.15) is 17.5 Å². The van der Waals surface area contributed by atoms with Crippen LogP contribution in [-0.2, 0) is 16.2 Å². The summed E-state index contributed by atoms with van der Waals surface area (Å²) in [6.07, 6.45) is -4.53. The fraction of sp³-hybridized carbons (Fsp3) is 0.316. The van der Waals surface area contributed by atoms with Gasteiger partial charge < -0.3 is 9.64 Å². The lowest BCUT2D eigenvalue weighted by molar-refractivity contribution is -0.137. The van der Waals surface area contributed by atoms with Gasteiger partial charge in [0.1, 0.15) is 5.75 Å². The summed E-state index contributed by atoms with van der Waals surface area (Å²) in [5.74, 6) is 0.397. The Labute approximate surface area is 166 Å². The molecule has 156 valence electrons. The number of methoxy groups -OCH3 is 1. The maximum Gasteiger partial charge on any atom is 0.416 e. The van der Waals surface area contributed by atoms with Crippen molar-refractivity contribution >= 4 is 15.9 Å². The number of carbonyl (C=O) groups excluding carboxylic acids is 1. The number of nitrogens with zero attached hydrogens (tertiary/aromatic N) is 2. The molecule has 1 fully saturated rings. The Bertz CT molecular complexity index is 966. The van der Waals surface area contributed by atoms with Crippen LogP contribution in [-0.4, -0.2) is 56.8 Å². The van der Waals surface area contributed by atoms with E-state index in [9.17, 15) is 26.4 Å². The lowest BCUT2D eigenvalue weighted by atomic mass is 10.2. The average molecular weight is 428 g/mol. The first kappa shape index (κ1) is 21.1. The van der Waals surface area contributed by atoms with E-state index in [0.29, 0.717) is 11.3 Å². The van der Waals surface area contributed by atoms with Gasteiger partial charge in [0.15, 0.2) is 0 Å². The highest BCUT2D eigenvalue weighted by Gasteiger charge is 2.33. The van der Waals surface area contributed by atoms with E-state index in [1.807, 2.05) is 0 Å². The molecule has 1 saturated heterocycles. The molecule has 0 saturated carbocycles. The summed E-state index contributed by atoms with van der Waals surface area (Å²) in [4.78, 5) is 13.9. The van der Waals surface area contributed by atoms with Crippen LogP contribution in [0.1, 0.15) is 15.9 Å². The molecule has 0 bridgehead atoms. The minimum atomic E-state index is -4.53. The zero-order chi connectivity index (χ0) is 21.2. The zero-order valence-corrected chi connectivity index (χ0v) is 16.3. The Kier molecular flexibility index (Phi) is 5.85. The summed E-state index contributed by atoms with van der Waals surface area (Å²) in [5.41, 5.74) is -0.448. The van der Waals surface area contributed by atoms with E-state index < -0.39 is 21.8 Å². The Hall–Kier alpha value is -2.59. The van der Waals surface area contributed by atoms with Crippen molar-refractivity contribution in [2.24, 2.45) is 0 Å². The quantitative estimate of drug-likeness (QED) is 0.751. The number of halogens is 3. The molecule has 0 atom stereocenters. The second-order valence-corrected chi connectivity index (χ2v) is 8.38. The zero-order valence-electron chi connectivity index (χ0n) is 15.5. The monoisotopic (exact) mass is 428 g/mol. The van der Waals surface area contributed by atoms with Crippen LogP contribution in [0.4, 0.5) is 13.2 Å². The van der Waals surface area contributed by atoms with Crippen LogP contribution >= 0.6 is 0 Å². The Morgan fingerprint density at radius 1 is 0.931 bits per heavy atom. The van der Waals surface area contributed by atoms with Gasteiger partial charge in [0.2, 0.25) is 10.0 Å². The average Bonchev–Trinajstić information content (AvgIpc) is 2.73.